The molecule has 2 aromatic heterocycles. The lowest BCUT2D eigenvalue weighted by Gasteiger charge is -2.36. The molecule has 0 aliphatic heterocycles. The second-order valence-corrected chi connectivity index (χ2v) is 8.25. The zero-order valence-corrected chi connectivity index (χ0v) is 19.8. The molecule has 1 amide bonds. The number of benzene rings is 2. The van der Waals surface area contributed by atoms with Gasteiger partial charge in [-0.2, -0.15) is 22.0 Å². The normalized spacial score (nSPS) is 13.1. The molecule has 1 atom stereocenters. The third kappa shape index (κ3) is 5.62. The van der Waals surface area contributed by atoms with Crippen molar-refractivity contribution in [3.05, 3.63) is 119 Å². The highest BCUT2D eigenvalue weighted by Crippen LogP contribution is 2.49. The lowest BCUT2D eigenvalue weighted by atomic mass is 9.80. The van der Waals surface area contributed by atoms with E-state index in [0.29, 0.717) is 23.8 Å². The van der Waals surface area contributed by atoms with Gasteiger partial charge in [0.15, 0.2) is 5.60 Å². The molecule has 0 fully saturated rings. The van der Waals surface area contributed by atoms with Crippen molar-refractivity contribution in [3.63, 3.8) is 0 Å². The van der Waals surface area contributed by atoms with Crippen molar-refractivity contribution in [1.82, 2.24) is 15.0 Å². The molecule has 40 heavy (non-hydrogen) atoms. The summed E-state index contributed by atoms with van der Waals surface area (Å²) in [5, 5.41) is 13.0. The highest BCUT2D eigenvalue weighted by Gasteiger charge is 2.59. The molecular formula is C27H15F7N4O2. The Morgan fingerprint density at radius 2 is 1.45 bits per heavy atom. The van der Waals surface area contributed by atoms with Crippen molar-refractivity contribution < 1.29 is 40.6 Å². The van der Waals surface area contributed by atoms with Crippen LogP contribution in [0.15, 0.2) is 79.5 Å². The number of aromatic nitrogens is 3. The van der Waals surface area contributed by atoms with E-state index in [9.17, 15) is 31.9 Å². The summed E-state index contributed by atoms with van der Waals surface area (Å²) in [4.78, 5) is 21.9. The number of hydrogen-bond donors (Lipinski definition) is 2. The predicted molar refractivity (Wildman–Crippen MR) is 127 cm³/mol. The van der Waals surface area contributed by atoms with Crippen LogP contribution in [-0.4, -0.2) is 32.1 Å². The van der Waals surface area contributed by atoms with Gasteiger partial charge in [-0.05, 0) is 48.5 Å². The summed E-state index contributed by atoms with van der Waals surface area (Å²) >= 11 is 0. The topological polar surface area (TPSA) is 88.0 Å². The van der Waals surface area contributed by atoms with Crippen molar-refractivity contribution in [2.75, 3.05) is 5.32 Å². The fraction of sp³-hybridized carbons (Fsp3) is 0.111. The van der Waals surface area contributed by atoms with Crippen LogP contribution in [0.3, 0.4) is 0 Å². The van der Waals surface area contributed by atoms with Gasteiger partial charge in [0, 0.05) is 52.6 Å². The molecule has 4 rings (SSSR count). The molecule has 0 radical (unpaired) electrons. The van der Waals surface area contributed by atoms with Gasteiger partial charge in [0.05, 0.1) is 0 Å². The number of halogens is 7. The maximum absolute atomic E-state index is 15.9. The minimum Gasteiger partial charge on any atom is -0.374 e. The molecule has 0 aliphatic rings. The van der Waals surface area contributed by atoms with E-state index in [1.54, 1.807) is 5.32 Å². The SMILES string of the molecule is O=C(Nc1ccc(C#Cc2ccc(C(F)(F)C(O)(c3cncnc3)c3ccc(F)cc3F)nc2)cc1)C(F)(F)F. The number of carbonyl (C=O) groups excluding carboxylic acids is 1. The quantitative estimate of drug-likeness (QED) is 0.263. The average Bonchev–Trinajstić information content (AvgIpc) is 2.92. The van der Waals surface area contributed by atoms with E-state index >= 15 is 8.78 Å². The number of aliphatic hydroxyl groups is 1. The van der Waals surface area contributed by atoms with E-state index < -0.39 is 52.1 Å². The highest BCUT2D eigenvalue weighted by atomic mass is 19.4. The molecule has 2 N–H and O–H groups in total. The molecule has 13 heteroatoms. The monoisotopic (exact) mass is 560 g/mol. The van der Waals surface area contributed by atoms with Crippen LogP contribution in [0.4, 0.5) is 36.4 Å². The van der Waals surface area contributed by atoms with Crippen LogP contribution in [0, 0.1) is 23.5 Å². The Morgan fingerprint density at radius 1 is 0.825 bits per heavy atom. The molecular weight excluding hydrogens is 545 g/mol. The van der Waals surface area contributed by atoms with Crippen molar-refractivity contribution in [2.45, 2.75) is 17.7 Å². The van der Waals surface area contributed by atoms with E-state index in [2.05, 4.69) is 26.8 Å². The highest BCUT2D eigenvalue weighted by molar-refractivity contribution is 5.94. The number of nitrogens with zero attached hydrogens (tertiary/aromatic N) is 3. The van der Waals surface area contributed by atoms with Crippen LogP contribution < -0.4 is 5.32 Å². The summed E-state index contributed by atoms with van der Waals surface area (Å²) in [6.45, 7) is 0. The Hall–Kier alpha value is -4.83. The van der Waals surface area contributed by atoms with E-state index in [1.165, 1.54) is 24.3 Å². The summed E-state index contributed by atoms with van der Waals surface area (Å²) in [5.74, 6) is -3.60. The van der Waals surface area contributed by atoms with Crippen LogP contribution in [0.1, 0.15) is 27.9 Å². The number of nitrogens with one attached hydrogen (secondary N) is 1. The fourth-order valence-electron chi connectivity index (χ4n) is 3.60. The van der Waals surface area contributed by atoms with E-state index in [-0.39, 0.29) is 11.3 Å². The third-order valence-electron chi connectivity index (χ3n) is 5.59. The zero-order valence-electron chi connectivity index (χ0n) is 19.8. The van der Waals surface area contributed by atoms with E-state index in [1.807, 2.05) is 0 Å². The molecule has 0 saturated heterocycles. The minimum absolute atomic E-state index is 0.116. The van der Waals surface area contributed by atoms with Gasteiger partial charge in [0.2, 0.25) is 0 Å². The Kier molecular flexibility index (Phi) is 7.57. The molecule has 2 aromatic carbocycles. The molecule has 6 nitrogen and oxygen atoms in total. The maximum atomic E-state index is 15.9. The maximum Gasteiger partial charge on any atom is 0.471 e. The van der Waals surface area contributed by atoms with Gasteiger partial charge in [-0.15, -0.1) is 0 Å². The smallest absolute Gasteiger partial charge is 0.374 e. The van der Waals surface area contributed by atoms with Crippen molar-refractivity contribution in [2.24, 2.45) is 0 Å². The molecule has 0 spiro atoms. The molecule has 0 bridgehead atoms. The minimum atomic E-state index is -5.05. The Bertz CT molecular complexity index is 1580. The molecule has 204 valence electrons. The summed E-state index contributed by atoms with van der Waals surface area (Å²) in [7, 11) is 0. The zero-order chi connectivity index (χ0) is 29.1. The second kappa shape index (κ2) is 10.7. The number of anilines is 1. The number of pyridine rings is 1. The van der Waals surface area contributed by atoms with Gasteiger partial charge < -0.3 is 10.4 Å². The largest absolute Gasteiger partial charge is 0.471 e. The van der Waals surface area contributed by atoms with Crippen LogP contribution in [0.25, 0.3) is 0 Å². The lowest BCUT2D eigenvalue weighted by molar-refractivity contribution is -0.175. The standard InChI is InChI=1S/C27H15F7N4O2/c28-19-6-9-21(22(29)11-19)25(40,18-13-35-15-36-14-18)26(30,31)23-10-5-17(12-37-23)2-1-16-3-7-20(8-4-16)38-24(39)27(32,33)34/h3-15,40H,(H,38,39). The van der Waals surface area contributed by atoms with Gasteiger partial charge in [0.25, 0.3) is 0 Å². The third-order valence-corrected chi connectivity index (χ3v) is 5.59. The Balaban J connectivity index is 1.62. The Morgan fingerprint density at radius 3 is 2.02 bits per heavy atom. The van der Waals surface area contributed by atoms with Gasteiger partial charge in [-0.1, -0.05) is 11.8 Å². The van der Waals surface area contributed by atoms with Crippen LogP contribution in [0.2, 0.25) is 0 Å². The van der Waals surface area contributed by atoms with Gasteiger partial charge >= 0.3 is 18.0 Å². The first-order valence-corrected chi connectivity index (χ1v) is 11.1. The number of alkyl halides is 5. The second-order valence-electron chi connectivity index (χ2n) is 8.25. The fourth-order valence-corrected chi connectivity index (χ4v) is 3.60. The molecule has 4 aromatic rings. The first-order valence-electron chi connectivity index (χ1n) is 11.1. The number of carbonyl (C=O) groups is 1. The summed E-state index contributed by atoms with van der Waals surface area (Å²) in [5.41, 5.74) is -5.51. The van der Waals surface area contributed by atoms with Crippen molar-refractivity contribution in [3.8, 4) is 11.8 Å². The Labute approximate surface area is 221 Å². The molecule has 1 unspecified atom stereocenters. The van der Waals surface area contributed by atoms with Crippen LogP contribution in [-0.2, 0) is 16.3 Å². The summed E-state index contributed by atoms with van der Waals surface area (Å²) < 4.78 is 97.0. The number of amides is 1. The summed E-state index contributed by atoms with van der Waals surface area (Å²) in [6, 6.07) is 8.81. The predicted octanol–water partition coefficient (Wildman–Crippen LogP) is 5.08. The number of rotatable bonds is 5. The van der Waals surface area contributed by atoms with Crippen molar-refractivity contribution >= 4 is 11.6 Å². The molecule has 2 heterocycles. The van der Waals surface area contributed by atoms with Gasteiger partial charge in [-0.25, -0.2) is 18.7 Å². The van der Waals surface area contributed by atoms with E-state index in [4.69, 9.17) is 0 Å². The van der Waals surface area contributed by atoms with E-state index in [0.717, 1.165) is 37.1 Å². The van der Waals surface area contributed by atoms with Gasteiger partial charge in [0.1, 0.15) is 23.7 Å². The first kappa shape index (κ1) is 28.2. The molecule has 0 aliphatic carbocycles. The van der Waals surface area contributed by atoms with Gasteiger partial charge in [-0.3, -0.25) is 9.78 Å². The van der Waals surface area contributed by atoms with Crippen LogP contribution >= 0.6 is 0 Å². The van der Waals surface area contributed by atoms with Crippen molar-refractivity contribution in [1.29, 1.82) is 0 Å². The first-order chi connectivity index (χ1) is 18.8. The van der Waals surface area contributed by atoms with Crippen LogP contribution in [0.5, 0.6) is 0 Å². The lowest BCUT2D eigenvalue weighted by Crippen LogP contribution is -2.45. The summed E-state index contributed by atoms with van der Waals surface area (Å²) in [6.07, 6.45) is -1.34. The molecule has 0 saturated carbocycles. The number of hydrogen-bond acceptors (Lipinski definition) is 5. The average molecular weight is 560 g/mol.